The summed E-state index contributed by atoms with van der Waals surface area (Å²) in [5, 5.41) is 16.3. The molecule has 0 aliphatic heterocycles. The van der Waals surface area contributed by atoms with Gasteiger partial charge < -0.3 is 5.32 Å². The van der Waals surface area contributed by atoms with Crippen molar-refractivity contribution in [2.24, 2.45) is 23.4 Å². The predicted octanol–water partition coefficient (Wildman–Crippen LogP) is 5.88. The monoisotopic (exact) mass is 497 g/mol. The number of carbonyl (C=O) groups is 1. The van der Waals surface area contributed by atoms with Gasteiger partial charge in [-0.15, -0.1) is 0 Å². The summed E-state index contributed by atoms with van der Waals surface area (Å²) in [4.78, 5) is 24.1. The van der Waals surface area contributed by atoms with Gasteiger partial charge in [-0.1, -0.05) is 32.9 Å². The molecule has 1 aliphatic carbocycles. The first-order valence-electron chi connectivity index (χ1n) is 12.8. The van der Waals surface area contributed by atoms with Crippen molar-refractivity contribution in [1.29, 1.82) is 5.26 Å². The number of rotatable bonds is 6. The second-order valence-electron chi connectivity index (χ2n) is 10.9. The van der Waals surface area contributed by atoms with Gasteiger partial charge in [0, 0.05) is 49.5 Å². The molecule has 0 saturated heterocycles. The molecule has 37 heavy (non-hydrogen) atoms. The molecule has 0 unspecified atom stereocenters. The standard InChI is InChI=1S/C29H35N7O/c1-29(2,3)20-33-28(37)36(26-12-8-23(9-13-26)24-18-34-35(4)19-24)25-10-5-21(6-11-25)16-31-27-14-7-22(15-30)17-32-27/h7-9,12-14,16-19,21,25H,5-6,10-11,20H2,1-4H3,(H,33,37). The van der Waals surface area contributed by atoms with E-state index in [1.807, 2.05) is 42.7 Å². The smallest absolute Gasteiger partial charge is 0.322 e. The number of aliphatic imine (C=N–C) groups is 1. The van der Waals surface area contributed by atoms with Gasteiger partial charge in [-0.25, -0.2) is 14.8 Å². The van der Waals surface area contributed by atoms with E-state index in [1.54, 1.807) is 16.8 Å². The highest BCUT2D eigenvalue weighted by molar-refractivity contribution is 5.93. The van der Waals surface area contributed by atoms with Gasteiger partial charge >= 0.3 is 6.03 Å². The summed E-state index contributed by atoms with van der Waals surface area (Å²) in [6, 6.07) is 13.8. The third kappa shape index (κ3) is 7.04. The molecular formula is C29H35N7O. The molecule has 2 heterocycles. The summed E-state index contributed by atoms with van der Waals surface area (Å²) in [6.45, 7) is 6.96. The van der Waals surface area contributed by atoms with E-state index >= 15 is 0 Å². The molecule has 3 aromatic rings. The topological polar surface area (TPSA) is 99.2 Å². The van der Waals surface area contributed by atoms with Gasteiger partial charge in [0.15, 0.2) is 5.82 Å². The Morgan fingerprint density at radius 2 is 1.86 bits per heavy atom. The Morgan fingerprint density at radius 3 is 2.43 bits per heavy atom. The van der Waals surface area contributed by atoms with E-state index < -0.39 is 0 Å². The average Bonchev–Trinajstić information content (AvgIpc) is 3.33. The predicted molar refractivity (Wildman–Crippen MR) is 147 cm³/mol. The Bertz CT molecular complexity index is 1260. The Hall–Kier alpha value is -3.99. The lowest BCUT2D eigenvalue weighted by Gasteiger charge is -2.37. The van der Waals surface area contributed by atoms with Crippen LogP contribution in [0.2, 0.25) is 0 Å². The van der Waals surface area contributed by atoms with Crippen LogP contribution in [-0.4, -0.2) is 39.6 Å². The minimum Gasteiger partial charge on any atom is -0.337 e. The number of urea groups is 1. The molecule has 1 aromatic carbocycles. The lowest BCUT2D eigenvalue weighted by molar-refractivity contribution is 0.235. The Morgan fingerprint density at radius 1 is 1.14 bits per heavy atom. The first-order chi connectivity index (χ1) is 17.7. The van der Waals surface area contributed by atoms with Gasteiger partial charge in [-0.3, -0.25) is 9.58 Å². The van der Waals surface area contributed by atoms with E-state index in [4.69, 9.17) is 5.26 Å². The van der Waals surface area contributed by atoms with Gasteiger partial charge in [-0.05, 0) is 66.8 Å². The molecule has 1 fully saturated rings. The molecule has 192 valence electrons. The molecule has 1 aliphatic rings. The van der Waals surface area contributed by atoms with Crippen LogP contribution in [0.15, 0.2) is 60.0 Å². The van der Waals surface area contributed by atoms with Crippen LogP contribution in [-0.2, 0) is 7.05 Å². The molecule has 8 heteroatoms. The number of anilines is 1. The van der Waals surface area contributed by atoms with Crippen molar-refractivity contribution in [3.63, 3.8) is 0 Å². The summed E-state index contributed by atoms with van der Waals surface area (Å²) in [5.74, 6) is 0.944. The highest BCUT2D eigenvalue weighted by atomic mass is 16.2. The number of hydrogen-bond donors (Lipinski definition) is 1. The Kier molecular flexibility index (Phi) is 8.02. The normalized spacial score (nSPS) is 17.9. The number of aromatic nitrogens is 3. The highest BCUT2D eigenvalue weighted by Gasteiger charge is 2.30. The number of nitriles is 1. The molecule has 2 aromatic heterocycles. The van der Waals surface area contributed by atoms with Crippen molar-refractivity contribution in [3.05, 3.63) is 60.6 Å². The second kappa shape index (κ2) is 11.4. The van der Waals surface area contributed by atoms with Crippen molar-refractivity contribution >= 4 is 23.8 Å². The molecule has 4 rings (SSSR count). The fourth-order valence-corrected chi connectivity index (χ4v) is 4.52. The van der Waals surface area contributed by atoms with Gasteiger partial charge in [0.2, 0.25) is 0 Å². The number of amides is 2. The van der Waals surface area contributed by atoms with E-state index in [0.717, 1.165) is 42.5 Å². The molecule has 1 saturated carbocycles. The molecule has 2 amide bonds. The number of benzene rings is 1. The van der Waals surface area contributed by atoms with Crippen LogP contribution in [0, 0.1) is 22.7 Å². The minimum atomic E-state index is -0.0528. The number of pyridine rings is 1. The van der Waals surface area contributed by atoms with E-state index in [9.17, 15) is 4.79 Å². The van der Waals surface area contributed by atoms with Crippen LogP contribution in [0.5, 0.6) is 0 Å². The molecule has 0 spiro atoms. The van der Waals surface area contributed by atoms with E-state index in [1.165, 1.54) is 6.20 Å². The van der Waals surface area contributed by atoms with Crippen LogP contribution in [0.25, 0.3) is 11.1 Å². The summed E-state index contributed by atoms with van der Waals surface area (Å²) < 4.78 is 1.79. The molecular weight excluding hydrogens is 462 g/mol. The zero-order valence-corrected chi connectivity index (χ0v) is 22.1. The van der Waals surface area contributed by atoms with Gasteiger partial charge in [0.25, 0.3) is 0 Å². The van der Waals surface area contributed by atoms with Gasteiger partial charge in [-0.2, -0.15) is 10.4 Å². The summed E-state index contributed by atoms with van der Waals surface area (Å²) in [5.41, 5.74) is 3.55. The van der Waals surface area contributed by atoms with E-state index in [0.29, 0.717) is 23.8 Å². The average molecular weight is 498 g/mol. The Labute approximate surface area is 219 Å². The number of nitrogens with zero attached hydrogens (tertiary/aromatic N) is 6. The maximum absolute atomic E-state index is 13.4. The lowest BCUT2D eigenvalue weighted by atomic mass is 9.85. The third-order valence-electron chi connectivity index (χ3n) is 6.57. The third-order valence-corrected chi connectivity index (χ3v) is 6.57. The summed E-state index contributed by atoms with van der Waals surface area (Å²) in [6.07, 6.45) is 11.0. The van der Waals surface area contributed by atoms with Crippen LogP contribution < -0.4 is 10.2 Å². The van der Waals surface area contributed by atoms with E-state index in [-0.39, 0.29) is 17.5 Å². The molecule has 8 nitrogen and oxygen atoms in total. The fraction of sp³-hybridized carbons (Fsp3) is 0.414. The SMILES string of the molecule is Cn1cc(-c2ccc(N(C(=O)NCC(C)(C)C)C3CCC(C=Nc4ccc(C#N)cn4)CC3)cc2)cn1. The van der Waals surface area contributed by atoms with Gasteiger partial charge in [0.1, 0.15) is 6.07 Å². The van der Waals surface area contributed by atoms with Crippen LogP contribution in [0.4, 0.5) is 16.3 Å². The van der Waals surface area contributed by atoms with Crippen LogP contribution in [0.3, 0.4) is 0 Å². The molecule has 0 atom stereocenters. The number of aryl methyl sites for hydroxylation is 1. The largest absolute Gasteiger partial charge is 0.337 e. The fourth-order valence-electron chi connectivity index (χ4n) is 4.52. The first kappa shape index (κ1) is 26.1. The van der Waals surface area contributed by atoms with Crippen LogP contribution in [0.1, 0.15) is 52.0 Å². The number of carbonyl (C=O) groups excluding carboxylic acids is 1. The maximum Gasteiger partial charge on any atom is 0.322 e. The van der Waals surface area contributed by atoms with Crippen LogP contribution >= 0.6 is 0 Å². The Balaban J connectivity index is 1.46. The van der Waals surface area contributed by atoms with Crippen molar-refractivity contribution in [2.75, 3.05) is 11.4 Å². The van der Waals surface area contributed by atoms with Gasteiger partial charge in [0.05, 0.1) is 11.8 Å². The zero-order chi connectivity index (χ0) is 26.4. The minimum absolute atomic E-state index is 0.000894. The van der Waals surface area contributed by atoms with E-state index in [2.05, 4.69) is 59.4 Å². The highest BCUT2D eigenvalue weighted by Crippen LogP contribution is 2.32. The van der Waals surface area contributed by atoms with Crippen molar-refractivity contribution in [3.8, 4) is 17.2 Å². The number of hydrogen-bond acceptors (Lipinski definition) is 5. The second-order valence-corrected chi connectivity index (χ2v) is 10.9. The van der Waals surface area contributed by atoms with Crippen molar-refractivity contribution in [1.82, 2.24) is 20.1 Å². The maximum atomic E-state index is 13.4. The summed E-state index contributed by atoms with van der Waals surface area (Å²) in [7, 11) is 1.90. The van der Waals surface area contributed by atoms with Crippen molar-refractivity contribution in [2.45, 2.75) is 52.5 Å². The molecule has 0 bridgehead atoms. The summed E-state index contributed by atoms with van der Waals surface area (Å²) >= 11 is 0. The zero-order valence-electron chi connectivity index (χ0n) is 22.1. The lowest BCUT2D eigenvalue weighted by Crippen LogP contribution is -2.49. The van der Waals surface area contributed by atoms with Crippen molar-refractivity contribution < 1.29 is 4.79 Å². The quantitative estimate of drug-likeness (QED) is 0.430. The first-order valence-corrected chi connectivity index (χ1v) is 12.8. The molecule has 1 N–H and O–H groups in total. The molecule has 0 radical (unpaired) electrons. The number of nitrogens with one attached hydrogen (secondary N) is 1.